The van der Waals surface area contributed by atoms with E-state index in [2.05, 4.69) is 26.6 Å². The van der Waals surface area contributed by atoms with E-state index in [9.17, 15) is 52.6 Å². The van der Waals surface area contributed by atoms with Crippen LogP contribution in [0.25, 0.3) is 22.3 Å². The first-order chi connectivity index (χ1) is 38.7. The van der Waals surface area contributed by atoms with Crippen LogP contribution in [0.2, 0.25) is 0 Å². The van der Waals surface area contributed by atoms with Crippen LogP contribution in [-0.2, 0) is 94.9 Å². The number of hydrogen-bond donors (Lipinski definition) is 7. The number of anilines is 1. The summed E-state index contributed by atoms with van der Waals surface area (Å²) in [7, 11) is -5.15. The lowest BCUT2D eigenvalue weighted by Crippen LogP contribution is -2.52. The number of esters is 1. The number of phosphoric ester groups is 1. The van der Waals surface area contributed by atoms with Crippen molar-refractivity contribution < 1.29 is 66.0 Å². The molecule has 5 aromatic rings. The van der Waals surface area contributed by atoms with Gasteiger partial charge in [-0.05, 0) is 85.0 Å². The molecular formula is C56H61FN9O14P. The number of nitrogens with two attached hydrogens (primary N) is 1. The molecule has 7 amide bonds. The number of halogens is 1. The fraction of sp³-hybridized carbons (Fsp3) is 0.393. The van der Waals surface area contributed by atoms with Crippen molar-refractivity contribution in [3.8, 4) is 11.4 Å². The number of carbonyl (C=O) groups excluding carboxylic acids is 8. The first kappa shape index (κ1) is 57.7. The Hall–Kier alpha value is -8.02. The summed E-state index contributed by atoms with van der Waals surface area (Å²) in [5.74, 6) is -4.94. The maximum absolute atomic E-state index is 15.2. The van der Waals surface area contributed by atoms with Crippen molar-refractivity contribution in [2.75, 3.05) is 31.5 Å². The van der Waals surface area contributed by atoms with E-state index in [4.69, 9.17) is 24.5 Å². The Balaban J connectivity index is 0.763. The van der Waals surface area contributed by atoms with Gasteiger partial charge in [0.1, 0.15) is 18.5 Å². The fourth-order valence-electron chi connectivity index (χ4n) is 10.7. The minimum Gasteiger partial charge on any atom is -0.458 e. The predicted octanol–water partition coefficient (Wildman–Crippen LogP) is 3.54. The molecule has 5 heterocycles. The highest BCUT2D eigenvalue weighted by molar-refractivity contribution is 7.47. The lowest BCUT2D eigenvalue weighted by molar-refractivity contribution is -0.171. The SMILES string of the molecule is CC[C@@]1(OP(=O)(O)OCc2ccc(NC(=O)CNC(=O)[C@H](Cc3ccccc3)NC(=O)CNC(=O)CNC(=O)CCCCCN3C(=O)CCC3=O)cc2)C(=O)OCc2c1cc1n(c2=O)Cc2c-1nc1cc(F)c(C)c3c1c2[C@@H](N)CC3. The first-order valence-electron chi connectivity index (χ1n) is 26.6. The van der Waals surface area contributed by atoms with E-state index in [1.165, 1.54) is 52.8 Å². The van der Waals surface area contributed by atoms with E-state index in [0.29, 0.717) is 77.8 Å². The molecule has 3 aromatic carbocycles. The van der Waals surface area contributed by atoms with Gasteiger partial charge in [-0.2, -0.15) is 0 Å². The topological polar surface area (TPSA) is 326 Å². The van der Waals surface area contributed by atoms with E-state index in [1.54, 1.807) is 37.3 Å². The number of rotatable bonds is 23. The molecule has 1 fully saturated rings. The van der Waals surface area contributed by atoms with Gasteiger partial charge >= 0.3 is 13.8 Å². The highest BCUT2D eigenvalue weighted by atomic mass is 31.2. The van der Waals surface area contributed by atoms with Gasteiger partial charge in [0.25, 0.3) is 5.56 Å². The number of ether oxygens (including phenoxy) is 1. The Morgan fingerprint density at radius 2 is 1.57 bits per heavy atom. The maximum atomic E-state index is 15.2. The van der Waals surface area contributed by atoms with Crippen LogP contribution in [0.3, 0.4) is 0 Å². The summed E-state index contributed by atoms with van der Waals surface area (Å²) in [6.45, 7) is 1.27. The Morgan fingerprint density at radius 1 is 0.864 bits per heavy atom. The van der Waals surface area contributed by atoms with Crippen molar-refractivity contribution in [3.05, 3.63) is 127 Å². The monoisotopic (exact) mass is 1130 g/mol. The molecule has 0 bridgehead atoms. The van der Waals surface area contributed by atoms with E-state index in [1.807, 2.05) is 0 Å². The zero-order valence-corrected chi connectivity index (χ0v) is 45.4. The number of carbonyl (C=O) groups is 8. The molecule has 1 saturated heterocycles. The molecule has 4 atom stereocenters. The third-order valence-corrected chi connectivity index (χ3v) is 16.0. The molecule has 0 spiro atoms. The van der Waals surface area contributed by atoms with Crippen LogP contribution >= 0.6 is 7.82 Å². The average molecular weight is 1130 g/mol. The average Bonchev–Trinajstić information content (AvgIpc) is 4.08. The lowest BCUT2D eigenvalue weighted by atomic mass is 9.82. The Kier molecular flexibility index (Phi) is 17.3. The largest absolute Gasteiger partial charge is 0.473 e. The molecule has 3 aliphatic heterocycles. The van der Waals surface area contributed by atoms with E-state index >= 15 is 4.39 Å². The first-order valence-corrected chi connectivity index (χ1v) is 28.1. The number of imide groups is 1. The van der Waals surface area contributed by atoms with Crippen LogP contribution in [0.1, 0.15) is 109 Å². The van der Waals surface area contributed by atoms with Crippen LogP contribution < -0.4 is 37.9 Å². The number of nitrogens with zero attached hydrogens (tertiary/aromatic N) is 3. The number of aromatic nitrogens is 2. The molecule has 2 aromatic heterocycles. The number of unbranched alkanes of at least 4 members (excludes halogenated alkanes) is 2. The van der Waals surface area contributed by atoms with Crippen molar-refractivity contribution >= 4 is 71.7 Å². The summed E-state index contributed by atoms with van der Waals surface area (Å²) in [5, 5.41) is 13.3. The maximum Gasteiger partial charge on any atom is 0.473 e. The van der Waals surface area contributed by atoms with Crippen molar-refractivity contribution in [3.63, 3.8) is 0 Å². The van der Waals surface area contributed by atoms with Crippen LogP contribution in [0.5, 0.6) is 0 Å². The van der Waals surface area contributed by atoms with Gasteiger partial charge in [-0.25, -0.2) is 18.7 Å². The molecular weight excluding hydrogens is 1070 g/mol. The highest BCUT2D eigenvalue weighted by Gasteiger charge is 2.53. The zero-order valence-electron chi connectivity index (χ0n) is 44.5. The number of phosphoric acid groups is 1. The number of aryl methyl sites for hydroxylation is 1. The Morgan fingerprint density at radius 3 is 2.30 bits per heavy atom. The van der Waals surface area contributed by atoms with Gasteiger partial charge in [-0.3, -0.25) is 52.3 Å². The van der Waals surface area contributed by atoms with Crippen LogP contribution in [0.4, 0.5) is 10.1 Å². The van der Waals surface area contributed by atoms with Gasteiger partial charge in [0, 0.05) is 66.5 Å². The second-order valence-electron chi connectivity index (χ2n) is 20.3. The van der Waals surface area contributed by atoms with Crippen molar-refractivity contribution in [1.82, 2.24) is 35.7 Å². The molecule has 0 radical (unpaired) electrons. The van der Waals surface area contributed by atoms with Gasteiger partial charge in [0.2, 0.25) is 47.0 Å². The summed E-state index contributed by atoms with van der Waals surface area (Å²) >= 11 is 0. The second kappa shape index (κ2) is 24.4. The molecule has 81 heavy (non-hydrogen) atoms. The molecule has 8 N–H and O–H groups in total. The number of hydrogen-bond acceptors (Lipinski definition) is 15. The predicted molar refractivity (Wildman–Crippen MR) is 289 cm³/mol. The summed E-state index contributed by atoms with van der Waals surface area (Å²) in [6.07, 6.45) is 3.09. The molecule has 23 nitrogen and oxygen atoms in total. The molecule has 1 aliphatic carbocycles. The van der Waals surface area contributed by atoms with Gasteiger partial charge in [0.15, 0.2) is 0 Å². The third kappa shape index (κ3) is 12.6. The zero-order chi connectivity index (χ0) is 57.8. The molecule has 0 saturated carbocycles. The quantitative estimate of drug-likeness (QED) is 0.0209. The van der Waals surface area contributed by atoms with Gasteiger partial charge in [0.05, 0.1) is 55.3 Å². The number of pyridine rings is 2. The summed E-state index contributed by atoms with van der Waals surface area (Å²) in [4.78, 5) is 133. The van der Waals surface area contributed by atoms with E-state index in [-0.39, 0.29) is 67.3 Å². The van der Waals surface area contributed by atoms with Gasteiger partial charge < -0.3 is 46.5 Å². The fourth-order valence-corrected chi connectivity index (χ4v) is 11.8. The standard InChI is InChI=1S/C56H61FN9O14P/c1-3-56(38-23-43-52-36(28-66(43)54(74)37(38)30-78-55(56)75)50-40(58)18-17-35-31(2)39(57)24-41(64-52)51(35)50)80-81(76,77)79-29-33-13-15-34(16-14-33)62-46(69)27-61-53(73)42(22-32-10-6-4-7-11-32)63-47(70)26-60-45(68)25-59-44(67)12-8-5-9-21-65-48(71)19-20-49(65)72/h4,6-7,10-11,13-16,23-24,40,42H,3,5,8-9,12,17-22,25-30,58H2,1-2H3,(H,59,67)(H,60,68)(H,61,73)(H,62,69)(H,63,70)(H,76,77)/t40-,42-,56-/m0/s1. The smallest absolute Gasteiger partial charge is 0.458 e. The third-order valence-electron chi connectivity index (χ3n) is 15.0. The van der Waals surface area contributed by atoms with Crippen molar-refractivity contribution in [2.45, 2.75) is 115 Å². The minimum absolute atomic E-state index is 0.00343. The van der Waals surface area contributed by atoms with Crippen LogP contribution in [-0.4, -0.2) is 98.9 Å². The van der Waals surface area contributed by atoms with Crippen LogP contribution in [0, 0.1) is 12.7 Å². The lowest BCUT2D eigenvalue weighted by Gasteiger charge is -2.36. The summed E-state index contributed by atoms with van der Waals surface area (Å²) < 4.78 is 47.1. The summed E-state index contributed by atoms with van der Waals surface area (Å²) in [6, 6.07) is 15.9. The van der Waals surface area contributed by atoms with Gasteiger partial charge in [-0.1, -0.05) is 55.8 Å². The van der Waals surface area contributed by atoms with E-state index in [0.717, 1.165) is 16.5 Å². The Labute approximate surface area is 463 Å². The molecule has 25 heteroatoms. The number of likely N-dealkylation sites (tertiary alicyclic amines) is 1. The van der Waals surface area contributed by atoms with Gasteiger partial charge in [-0.15, -0.1) is 0 Å². The van der Waals surface area contributed by atoms with Crippen molar-refractivity contribution in [1.29, 1.82) is 0 Å². The molecule has 9 rings (SSSR count). The number of cyclic esters (lactones) is 1. The number of amides is 7. The second-order valence-corrected chi connectivity index (χ2v) is 21.7. The molecule has 426 valence electrons. The van der Waals surface area contributed by atoms with E-state index < -0.39 is 105 Å². The van der Waals surface area contributed by atoms with Crippen LogP contribution in [0.15, 0.2) is 71.5 Å². The van der Waals surface area contributed by atoms with Crippen molar-refractivity contribution in [2.24, 2.45) is 5.73 Å². The minimum atomic E-state index is -5.15. The summed E-state index contributed by atoms with van der Waals surface area (Å²) in [5.41, 5.74) is 9.04. The number of benzene rings is 3. The number of fused-ring (bicyclic) bond motifs is 5. The normalized spacial score (nSPS) is 18.0. The Bertz CT molecular complexity index is 3470. The molecule has 1 unspecified atom stereocenters. The number of nitrogens with one attached hydrogen (secondary N) is 5. The highest BCUT2D eigenvalue weighted by Crippen LogP contribution is 2.54. The molecule has 4 aliphatic rings.